The number of nitrogens with one attached hydrogen (secondary N) is 1. The van der Waals surface area contributed by atoms with Gasteiger partial charge in [-0.15, -0.1) is 0 Å². The van der Waals surface area contributed by atoms with Crippen LogP contribution in [-0.2, 0) is 0 Å². The van der Waals surface area contributed by atoms with Gasteiger partial charge < -0.3 is 15.3 Å². The first kappa shape index (κ1) is 19.2. The molecule has 0 radical (unpaired) electrons. The van der Waals surface area contributed by atoms with E-state index >= 15 is 0 Å². The van der Waals surface area contributed by atoms with Crippen molar-refractivity contribution in [3.8, 4) is 0 Å². The lowest BCUT2D eigenvalue weighted by atomic mass is 9.96. The summed E-state index contributed by atoms with van der Waals surface area (Å²) in [5, 5.41) is 12.8. The van der Waals surface area contributed by atoms with Crippen molar-refractivity contribution in [2.24, 2.45) is 0 Å². The molecule has 0 unspecified atom stereocenters. The molecule has 1 fully saturated rings. The number of allylic oxidation sites excluding steroid dienone is 1. The standard InChI is InChI=1S/C23H28N2O2/c1-4-6-21-16(2)7-5-8-22(21)17(3)24-19-13-14-25(15-19)20-11-9-18(10-12-20)23(26)27/h4-12,17,19,24H,13-15H2,1-3H3,(H,26,27)/b6-4-/t17-,19+/m1/s1. The van der Waals surface area contributed by atoms with Gasteiger partial charge in [-0.05, 0) is 68.1 Å². The van der Waals surface area contributed by atoms with Gasteiger partial charge in [0.1, 0.15) is 0 Å². The molecule has 4 nitrogen and oxygen atoms in total. The van der Waals surface area contributed by atoms with Crippen molar-refractivity contribution in [3.05, 3.63) is 70.8 Å². The fourth-order valence-corrected chi connectivity index (χ4v) is 3.86. The Labute approximate surface area is 161 Å². The molecule has 4 heteroatoms. The number of hydrogen-bond acceptors (Lipinski definition) is 3. The maximum atomic E-state index is 11.0. The molecule has 1 aliphatic heterocycles. The second kappa shape index (κ2) is 8.40. The van der Waals surface area contributed by atoms with E-state index in [1.165, 1.54) is 16.7 Å². The number of rotatable bonds is 6. The number of carbonyl (C=O) groups is 1. The predicted octanol–water partition coefficient (Wildman–Crippen LogP) is 4.66. The van der Waals surface area contributed by atoms with E-state index in [1.54, 1.807) is 12.1 Å². The third-order valence-corrected chi connectivity index (χ3v) is 5.31. The second-order valence-corrected chi connectivity index (χ2v) is 7.25. The summed E-state index contributed by atoms with van der Waals surface area (Å²) in [6, 6.07) is 14.3. The van der Waals surface area contributed by atoms with Crippen molar-refractivity contribution in [1.29, 1.82) is 0 Å². The highest BCUT2D eigenvalue weighted by molar-refractivity contribution is 5.88. The maximum absolute atomic E-state index is 11.0. The topological polar surface area (TPSA) is 52.6 Å². The molecule has 1 heterocycles. The lowest BCUT2D eigenvalue weighted by Gasteiger charge is -2.23. The molecule has 2 N–H and O–H groups in total. The molecule has 2 aromatic carbocycles. The van der Waals surface area contributed by atoms with Crippen LogP contribution in [0.15, 0.2) is 48.5 Å². The molecule has 1 aliphatic rings. The first-order valence-corrected chi connectivity index (χ1v) is 9.56. The van der Waals surface area contributed by atoms with Gasteiger partial charge >= 0.3 is 5.97 Å². The average Bonchev–Trinajstić information content (AvgIpc) is 3.12. The van der Waals surface area contributed by atoms with Crippen molar-refractivity contribution in [2.75, 3.05) is 18.0 Å². The number of nitrogens with zero attached hydrogens (tertiary/aromatic N) is 1. The lowest BCUT2D eigenvalue weighted by molar-refractivity contribution is 0.0697. The minimum absolute atomic E-state index is 0.274. The number of aromatic carboxylic acids is 1. The molecule has 27 heavy (non-hydrogen) atoms. The fraction of sp³-hybridized carbons (Fsp3) is 0.348. The highest BCUT2D eigenvalue weighted by atomic mass is 16.4. The quantitative estimate of drug-likeness (QED) is 0.783. The van der Waals surface area contributed by atoms with Crippen molar-refractivity contribution < 1.29 is 9.90 Å². The molecule has 142 valence electrons. The Bertz CT molecular complexity index is 827. The van der Waals surface area contributed by atoms with Crippen LogP contribution in [0.3, 0.4) is 0 Å². The molecule has 1 saturated heterocycles. The monoisotopic (exact) mass is 364 g/mol. The van der Waals surface area contributed by atoms with Crippen LogP contribution in [0.25, 0.3) is 6.08 Å². The van der Waals surface area contributed by atoms with E-state index < -0.39 is 5.97 Å². The van der Waals surface area contributed by atoms with Crippen molar-refractivity contribution >= 4 is 17.7 Å². The van der Waals surface area contributed by atoms with Crippen LogP contribution in [0.4, 0.5) is 5.69 Å². The zero-order valence-corrected chi connectivity index (χ0v) is 16.3. The van der Waals surface area contributed by atoms with Gasteiger partial charge in [0, 0.05) is 30.9 Å². The zero-order chi connectivity index (χ0) is 19.4. The lowest BCUT2D eigenvalue weighted by Crippen LogP contribution is -2.34. The number of carboxylic acids is 1. The van der Waals surface area contributed by atoms with E-state index in [9.17, 15) is 4.79 Å². The van der Waals surface area contributed by atoms with Crippen LogP contribution >= 0.6 is 0 Å². The van der Waals surface area contributed by atoms with Gasteiger partial charge in [-0.25, -0.2) is 4.79 Å². The minimum atomic E-state index is -0.883. The Hall–Kier alpha value is -2.59. The number of carboxylic acid groups (broad SMARTS) is 1. The van der Waals surface area contributed by atoms with Gasteiger partial charge in [-0.1, -0.05) is 30.4 Å². The molecule has 0 aromatic heterocycles. The Morgan fingerprint density at radius 1 is 1.26 bits per heavy atom. The molecule has 0 aliphatic carbocycles. The normalized spacial score (nSPS) is 18.2. The molecule has 2 atom stereocenters. The summed E-state index contributed by atoms with van der Waals surface area (Å²) in [6.45, 7) is 8.35. The summed E-state index contributed by atoms with van der Waals surface area (Å²) in [4.78, 5) is 13.3. The Morgan fingerprint density at radius 3 is 2.67 bits per heavy atom. The van der Waals surface area contributed by atoms with Crippen LogP contribution in [0, 0.1) is 6.92 Å². The van der Waals surface area contributed by atoms with Gasteiger partial charge in [0.2, 0.25) is 0 Å². The van der Waals surface area contributed by atoms with Crippen LogP contribution in [-0.4, -0.2) is 30.2 Å². The van der Waals surface area contributed by atoms with Crippen LogP contribution in [0.2, 0.25) is 0 Å². The highest BCUT2D eigenvalue weighted by Crippen LogP contribution is 2.26. The van der Waals surface area contributed by atoms with Crippen LogP contribution < -0.4 is 10.2 Å². The van der Waals surface area contributed by atoms with Gasteiger partial charge in [-0.2, -0.15) is 0 Å². The molecular formula is C23H28N2O2. The molecule has 3 rings (SSSR count). The van der Waals surface area contributed by atoms with Gasteiger partial charge in [0.15, 0.2) is 0 Å². The fourth-order valence-electron chi connectivity index (χ4n) is 3.86. The number of anilines is 1. The molecule has 0 saturated carbocycles. The summed E-state index contributed by atoms with van der Waals surface area (Å²) in [6.07, 6.45) is 5.36. The summed E-state index contributed by atoms with van der Waals surface area (Å²) in [5.74, 6) is -0.883. The third kappa shape index (κ3) is 4.40. The average molecular weight is 364 g/mol. The minimum Gasteiger partial charge on any atom is -0.478 e. The van der Waals surface area contributed by atoms with Crippen LogP contribution in [0.5, 0.6) is 0 Å². The van der Waals surface area contributed by atoms with E-state index in [-0.39, 0.29) is 6.04 Å². The largest absolute Gasteiger partial charge is 0.478 e. The summed E-state index contributed by atoms with van der Waals surface area (Å²) in [7, 11) is 0. The van der Waals surface area contributed by atoms with Crippen LogP contribution in [0.1, 0.15) is 53.4 Å². The predicted molar refractivity (Wildman–Crippen MR) is 111 cm³/mol. The van der Waals surface area contributed by atoms with Gasteiger partial charge in [0.05, 0.1) is 5.56 Å². The Kier molecular flexibility index (Phi) is 5.97. The summed E-state index contributed by atoms with van der Waals surface area (Å²) < 4.78 is 0. The first-order chi connectivity index (χ1) is 13.0. The first-order valence-electron chi connectivity index (χ1n) is 9.56. The van der Waals surface area contributed by atoms with E-state index in [0.29, 0.717) is 11.6 Å². The van der Waals surface area contributed by atoms with Gasteiger partial charge in [0.25, 0.3) is 0 Å². The summed E-state index contributed by atoms with van der Waals surface area (Å²) >= 11 is 0. The molecule has 2 aromatic rings. The zero-order valence-electron chi connectivity index (χ0n) is 16.3. The van der Waals surface area contributed by atoms with Crippen molar-refractivity contribution in [3.63, 3.8) is 0 Å². The molecular weight excluding hydrogens is 336 g/mol. The smallest absolute Gasteiger partial charge is 0.335 e. The third-order valence-electron chi connectivity index (χ3n) is 5.31. The molecule has 0 amide bonds. The molecule has 0 spiro atoms. The number of benzene rings is 2. The van der Waals surface area contributed by atoms with E-state index in [2.05, 4.69) is 61.3 Å². The number of aryl methyl sites for hydroxylation is 1. The Balaban J connectivity index is 1.66. The Morgan fingerprint density at radius 2 is 2.00 bits per heavy atom. The van der Waals surface area contributed by atoms with E-state index in [1.807, 2.05) is 12.1 Å². The highest BCUT2D eigenvalue weighted by Gasteiger charge is 2.25. The maximum Gasteiger partial charge on any atom is 0.335 e. The summed E-state index contributed by atoms with van der Waals surface area (Å²) in [5.41, 5.74) is 5.35. The van der Waals surface area contributed by atoms with Crippen molar-refractivity contribution in [2.45, 2.75) is 39.3 Å². The second-order valence-electron chi connectivity index (χ2n) is 7.25. The van der Waals surface area contributed by atoms with E-state index in [0.717, 1.165) is 25.2 Å². The van der Waals surface area contributed by atoms with Gasteiger partial charge in [-0.3, -0.25) is 0 Å². The SMILES string of the molecule is C/C=C\c1c(C)cccc1[C@@H](C)N[C@H]1CCN(c2ccc(C(=O)O)cc2)C1. The number of hydrogen-bond donors (Lipinski definition) is 2. The van der Waals surface area contributed by atoms with E-state index in [4.69, 9.17) is 5.11 Å². The molecule has 0 bridgehead atoms. The van der Waals surface area contributed by atoms with Crippen molar-refractivity contribution in [1.82, 2.24) is 5.32 Å².